The molecule has 1 aliphatic rings. The quantitative estimate of drug-likeness (QED) is 0.511. The molecule has 1 amide bonds. The molecule has 0 atom stereocenters. The topological polar surface area (TPSA) is 20.3 Å². The Bertz CT molecular complexity index is 124. The number of hydrogen-bond acceptors (Lipinski definition) is 2. The highest BCUT2D eigenvalue weighted by atomic mass is 32.2. The fourth-order valence-electron chi connectivity index (χ4n) is 0.906. The summed E-state index contributed by atoms with van der Waals surface area (Å²) < 4.78 is 0.279. The zero-order valence-electron chi connectivity index (χ0n) is 5.76. The van der Waals surface area contributed by atoms with E-state index in [2.05, 4.69) is 13.8 Å². The normalized spacial score (nSPS) is 24.4. The van der Waals surface area contributed by atoms with E-state index >= 15 is 0 Å². The van der Waals surface area contributed by atoms with Crippen molar-refractivity contribution in [2.45, 2.75) is 18.6 Å². The molecule has 1 fully saturated rings. The number of hydrogen-bond donors (Lipinski definition) is 0. The van der Waals surface area contributed by atoms with E-state index in [0.29, 0.717) is 0 Å². The van der Waals surface area contributed by atoms with Crippen LogP contribution in [0.25, 0.3) is 0 Å². The van der Waals surface area contributed by atoms with Crippen LogP contribution >= 0.6 is 11.8 Å². The van der Waals surface area contributed by atoms with Gasteiger partial charge < -0.3 is 4.90 Å². The minimum atomic E-state index is 0.279. The summed E-state index contributed by atoms with van der Waals surface area (Å²) in [5, 5.41) is 0. The maximum absolute atomic E-state index is 10.2. The molecule has 0 aromatic carbocycles. The summed E-state index contributed by atoms with van der Waals surface area (Å²) in [5.74, 6) is 0.858. The third kappa shape index (κ3) is 1.61. The van der Waals surface area contributed by atoms with Crippen molar-refractivity contribution in [2.75, 3.05) is 12.4 Å². The molecule has 2 nitrogen and oxygen atoms in total. The molecule has 0 N–H and O–H groups in total. The van der Waals surface area contributed by atoms with E-state index in [1.807, 2.05) is 11.8 Å². The second-order valence-corrected chi connectivity index (χ2v) is 4.54. The van der Waals surface area contributed by atoms with Crippen molar-refractivity contribution in [2.24, 2.45) is 0 Å². The summed E-state index contributed by atoms with van der Waals surface area (Å²) in [5.41, 5.74) is 0. The van der Waals surface area contributed by atoms with Crippen molar-refractivity contribution >= 4 is 18.2 Å². The first-order valence-electron chi connectivity index (χ1n) is 2.97. The molecule has 0 aliphatic carbocycles. The molecule has 0 radical (unpaired) electrons. The van der Waals surface area contributed by atoms with E-state index in [4.69, 9.17) is 0 Å². The van der Waals surface area contributed by atoms with E-state index in [9.17, 15) is 4.79 Å². The van der Waals surface area contributed by atoms with Gasteiger partial charge in [-0.1, -0.05) is 0 Å². The van der Waals surface area contributed by atoms with Crippen molar-refractivity contribution in [3.63, 3.8) is 0 Å². The van der Waals surface area contributed by atoms with Crippen LogP contribution in [0.3, 0.4) is 0 Å². The number of carbonyl (C=O) groups excluding carboxylic acids is 1. The molecule has 0 spiro atoms. The van der Waals surface area contributed by atoms with Gasteiger partial charge in [-0.25, -0.2) is 0 Å². The van der Waals surface area contributed by atoms with Gasteiger partial charge >= 0.3 is 0 Å². The molecular formula is C6H11NOS. The highest BCUT2D eigenvalue weighted by Crippen LogP contribution is 2.31. The number of thioether (sulfide) groups is 1. The highest BCUT2D eigenvalue weighted by molar-refractivity contribution is 8.00. The van der Waals surface area contributed by atoms with Gasteiger partial charge in [0.25, 0.3) is 0 Å². The van der Waals surface area contributed by atoms with Gasteiger partial charge in [-0.15, -0.1) is 11.8 Å². The molecule has 0 unspecified atom stereocenters. The van der Waals surface area contributed by atoms with Gasteiger partial charge in [0.2, 0.25) is 6.41 Å². The van der Waals surface area contributed by atoms with Crippen LogP contribution in [-0.2, 0) is 4.79 Å². The Balaban J connectivity index is 2.47. The maximum atomic E-state index is 10.2. The first kappa shape index (κ1) is 6.93. The molecule has 1 heterocycles. The summed E-state index contributed by atoms with van der Waals surface area (Å²) >= 11 is 1.83. The number of nitrogens with zero attached hydrogens (tertiary/aromatic N) is 1. The van der Waals surface area contributed by atoms with Crippen LogP contribution in [0, 0.1) is 0 Å². The van der Waals surface area contributed by atoms with Gasteiger partial charge in [-0.2, -0.15) is 0 Å². The first-order valence-corrected chi connectivity index (χ1v) is 3.96. The molecule has 52 valence electrons. The molecule has 1 saturated heterocycles. The molecular weight excluding hydrogens is 134 g/mol. The van der Waals surface area contributed by atoms with Crippen molar-refractivity contribution in [1.82, 2.24) is 4.90 Å². The van der Waals surface area contributed by atoms with E-state index in [1.165, 1.54) is 0 Å². The zero-order valence-corrected chi connectivity index (χ0v) is 6.57. The summed E-state index contributed by atoms with van der Waals surface area (Å²) in [6.45, 7) is 5.20. The Morgan fingerprint density at radius 3 is 2.56 bits per heavy atom. The average Bonchev–Trinajstić information content (AvgIpc) is 2.10. The van der Waals surface area contributed by atoms with E-state index in [-0.39, 0.29) is 4.75 Å². The minimum absolute atomic E-state index is 0.279. The molecule has 1 rings (SSSR count). The smallest absolute Gasteiger partial charge is 0.210 e. The Hall–Kier alpha value is -0.180. The Morgan fingerprint density at radius 1 is 1.67 bits per heavy atom. The van der Waals surface area contributed by atoms with Gasteiger partial charge in [0.15, 0.2) is 0 Å². The lowest BCUT2D eigenvalue weighted by atomic mass is 10.2. The minimum Gasteiger partial charge on any atom is -0.335 e. The van der Waals surface area contributed by atoms with Crippen LogP contribution in [0.5, 0.6) is 0 Å². The van der Waals surface area contributed by atoms with Crippen LogP contribution in [0.1, 0.15) is 13.8 Å². The van der Waals surface area contributed by atoms with Gasteiger partial charge in [-0.05, 0) is 13.8 Å². The van der Waals surface area contributed by atoms with Crippen LogP contribution in [0.15, 0.2) is 0 Å². The first-order chi connectivity index (χ1) is 4.14. The van der Waals surface area contributed by atoms with Crippen molar-refractivity contribution in [1.29, 1.82) is 0 Å². The summed E-state index contributed by atoms with van der Waals surface area (Å²) in [4.78, 5) is 12.0. The van der Waals surface area contributed by atoms with E-state index < -0.39 is 0 Å². The van der Waals surface area contributed by atoms with Crippen molar-refractivity contribution in [3.8, 4) is 0 Å². The fraction of sp³-hybridized carbons (Fsp3) is 0.833. The summed E-state index contributed by atoms with van der Waals surface area (Å²) in [6, 6.07) is 0. The van der Waals surface area contributed by atoms with E-state index in [1.54, 1.807) is 4.90 Å². The molecule has 1 aliphatic heterocycles. The van der Waals surface area contributed by atoms with Crippen LogP contribution in [-0.4, -0.2) is 28.5 Å². The second-order valence-electron chi connectivity index (χ2n) is 2.89. The number of amides is 1. The summed E-state index contributed by atoms with van der Waals surface area (Å²) in [7, 11) is 0. The standard InChI is InChI=1S/C6H11NOS/c1-6(2)3-7(4-8)5-9-6/h4H,3,5H2,1-2H3. The molecule has 0 aromatic heterocycles. The second kappa shape index (κ2) is 2.21. The van der Waals surface area contributed by atoms with Crippen LogP contribution < -0.4 is 0 Å². The molecule has 0 saturated carbocycles. The van der Waals surface area contributed by atoms with Crippen molar-refractivity contribution < 1.29 is 4.79 Å². The Labute approximate surface area is 59.6 Å². The van der Waals surface area contributed by atoms with Gasteiger partial charge in [0.1, 0.15) is 0 Å². The zero-order chi connectivity index (χ0) is 6.91. The SMILES string of the molecule is CC1(C)CN(C=O)CS1. The summed E-state index contributed by atoms with van der Waals surface area (Å²) in [6.07, 6.45) is 0.918. The third-order valence-electron chi connectivity index (χ3n) is 1.35. The molecule has 0 aromatic rings. The maximum Gasteiger partial charge on any atom is 0.210 e. The molecule has 9 heavy (non-hydrogen) atoms. The van der Waals surface area contributed by atoms with Crippen LogP contribution in [0.4, 0.5) is 0 Å². The van der Waals surface area contributed by atoms with Gasteiger partial charge in [0.05, 0.1) is 5.88 Å². The average molecular weight is 145 g/mol. The number of rotatable bonds is 1. The predicted octanol–water partition coefficient (Wildman–Crippen LogP) is 0.928. The fourth-order valence-corrected chi connectivity index (χ4v) is 1.83. The van der Waals surface area contributed by atoms with Gasteiger partial charge in [0, 0.05) is 11.3 Å². The molecule has 3 heteroatoms. The lowest BCUT2D eigenvalue weighted by Gasteiger charge is -2.14. The van der Waals surface area contributed by atoms with Crippen LogP contribution in [0.2, 0.25) is 0 Å². The predicted molar refractivity (Wildman–Crippen MR) is 39.3 cm³/mol. The van der Waals surface area contributed by atoms with Crippen molar-refractivity contribution in [3.05, 3.63) is 0 Å². The largest absolute Gasteiger partial charge is 0.335 e. The monoisotopic (exact) mass is 145 g/mol. The van der Waals surface area contributed by atoms with Gasteiger partial charge in [-0.3, -0.25) is 4.79 Å². The number of carbonyl (C=O) groups is 1. The van der Waals surface area contributed by atoms with E-state index in [0.717, 1.165) is 18.8 Å². The molecule has 0 bridgehead atoms. The highest BCUT2D eigenvalue weighted by Gasteiger charge is 2.28. The lowest BCUT2D eigenvalue weighted by Crippen LogP contribution is -2.25. The third-order valence-corrected chi connectivity index (χ3v) is 2.73. The Kier molecular flexibility index (Phi) is 1.70. The Morgan fingerprint density at radius 2 is 2.33 bits per heavy atom. The lowest BCUT2D eigenvalue weighted by molar-refractivity contribution is -0.117.